The van der Waals surface area contributed by atoms with Gasteiger partial charge in [-0.3, -0.25) is 4.79 Å². The molecule has 116 valence electrons. The molecule has 1 aromatic carbocycles. The molecular formula is C16H15F2NO3. The number of hydrogen-bond donors (Lipinski definition) is 1. The summed E-state index contributed by atoms with van der Waals surface area (Å²) in [4.78, 5) is 12.3. The van der Waals surface area contributed by atoms with E-state index in [9.17, 15) is 13.6 Å². The molecular weight excluding hydrogens is 292 g/mol. The summed E-state index contributed by atoms with van der Waals surface area (Å²) in [7, 11) is 0. The zero-order valence-electron chi connectivity index (χ0n) is 11.9. The second kappa shape index (κ2) is 5.79. The van der Waals surface area contributed by atoms with Crippen molar-refractivity contribution in [1.29, 1.82) is 0 Å². The van der Waals surface area contributed by atoms with Crippen LogP contribution in [0.5, 0.6) is 5.75 Å². The Kier molecular flexibility index (Phi) is 3.83. The van der Waals surface area contributed by atoms with E-state index >= 15 is 0 Å². The summed E-state index contributed by atoms with van der Waals surface area (Å²) in [5, 5.41) is 2.70. The minimum absolute atomic E-state index is 0.0291. The van der Waals surface area contributed by atoms with Crippen LogP contribution >= 0.6 is 0 Å². The Hall–Kier alpha value is -2.37. The topological polar surface area (TPSA) is 51.5 Å². The number of carbonyl (C=O) groups is 1. The lowest BCUT2D eigenvalue weighted by Crippen LogP contribution is -2.17. The Labute approximate surface area is 126 Å². The lowest BCUT2D eigenvalue weighted by atomic mass is 10.1. The van der Waals surface area contributed by atoms with Gasteiger partial charge in [0, 0.05) is 11.8 Å². The molecule has 1 saturated carbocycles. The van der Waals surface area contributed by atoms with Gasteiger partial charge < -0.3 is 14.5 Å². The lowest BCUT2D eigenvalue weighted by molar-refractivity contribution is -0.117. The monoisotopic (exact) mass is 307 g/mol. The molecule has 0 radical (unpaired) electrons. The molecule has 1 fully saturated rings. The first-order valence-corrected chi connectivity index (χ1v) is 6.95. The maximum absolute atomic E-state index is 12.4. The average molecular weight is 307 g/mol. The number of hydrogen-bond acceptors (Lipinski definition) is 3. The molecule has 1 amide bonds. The first-order valence-electron chi connectivity index (χ1n) is 6.95. The summed E-state index contributed by atoms with van der Waals surface area (Å²) in [6.45, 7) is -1.21. The number of benzene rings is 1. The molecule has 0 saturated heterocycles. The summed E-state index contributed by atoms with van der Waals surface area (Å²) in [5.41, 5.74) is 0.958. The Morgan fingerprint density at radius 2 is 2.18 bits per heavy atom. The van der Waals surface area contributed by atoms with Crippen LogP contribution in [0.25, 0.3) is 0 Å². The molecule has 4 nitrogen and oxygen atoms in total. The first-order chi connectivity index (χ1) is 10.6. The Morgan fingerprint density at radius 1 is 1.36 bits per heavy atom. The zero-order chi connectivity index (χ0) is 15.7. The van der Waals surface area contributed by atoms with Crippen LogP contribution in [0.3, 0.4) is 0 Å². The number of para-hydroxylation sites is 1. The molecule has 1 aromatic heterocycles. The minimum Gasteiger partial charge on any atom is -0.469 e. The van der Waals surface area contributed by atoms with Crippen LogP contribution in [-0.4, -0.2) is 12.5 Å². The van der Waals surface area contributed by atoms with Gasteiger partial charge in [0.05, 0.1) is 12.0 Å². The SMILES string of the molecule is Cc1cccc(OC(F)F)c1NC(=O)[C@@H]1C[C@@H]1c1ccco1. The fourth-order valence-electron chi connectivity index (χ4n) is 2.51. The van der Waals surface area contributed by atoms with Gasteiger partial charge in [-0.2, -0.15) is 8.78 Å². The maximum atomic E-state index is 12.4. The maximum Gasteiger partial charge on any atom is 0.387 e. The second-order valence-corrected chi connectivity index (χ2v) is 5.28. The third kappa shape index (κ3) is 2.95. The van der Waals surface area contributed by atoms with Gasteiger partial charge in [0.1, 0.15) is 11.5 Å². The predicted molar refractivity (Wildman–Crippen MR) is 76.0 cm³/mol. The molecule has 3 rings (SSSR count). The lowest BCUT2D eigenvalue weighted by Gasteiger charge is -2.14. The van der Waals surface area contributed by atoms with Crippen molar-refractivity contribution < 1.29 is 22.7 Å². The van der Waals surface area contributed by atoms with E-state index in [4.69, 9.17) is 4.42 Å². The average Bonchev–Trinajstić information content (AvgIpc) is 3.08. The van der Waals surface area contributed by atoms with Crippen LogP contribution in [-0.2, 0) is 4.79 Å². The van der Waals surface area contributed by atoms with Crippen molar-refractivity contribution in [2.24, 2.45) is 5.92 Å². The van der Waals surface area contributed by atoms with Gasteiger partial charge in [-0.05, 0) is 37.1 Å². The van der Waals surface area contributed by atoms with Crippen molar-refractivity contribution >= 4 is 11.6 Å². The smallest absolute Gasteiger partial charge is 0.387 e. The van der Waals surface area contributed by atoms with E-state index in [1.54, 1.807) is 31.4 Å². The third-order valence-corrected chi connectivity index (χ3v) is 3.73. The van der Waals surface area contributed by atoms with E-state index in [1.807, 2.05) is 6.07 Å². The molecule has 2 aromatic rings. The van der Waals surface area contributed by atoms with Gasteiger partial charge in [0.2, 0.25) is 5.91 Å². The summed E-state index contributed by atoms with van der Waals surface area (Å²) in [6, 6.07) is 8.34. The number of carbonyl (C=O) groups excluding carboxylic acids is 1. The van der Waals surface area contributed by atoms with Crippen LogP contribution in [0.1, 0.15) is 23.7 Å². The largest absolute Gasteiger partial charge is 0.469 e. The van der Waals surface area contributed by atoms with Gasteiger partial charge in [0.25, 0.3) is 0 Å². The van der Waals surface area contributed by atoms with Crippen LogP contribution in [0.2, 0.25) is 0 Å². The number of furan rings is 1. The fraction of sp³-hybridized carbons (Fsp3) is 0.312. The van der Waals surface area contributed by atoms with Gasteiger partial charge >= 0.3 is 6.61 Å². The molecule has 1 aliphatic carbocycles. The molecule has 0 bridgehead atoms. The number of alkyl halides is 2. The molecule has 22 heavy (non-hydrogen) atoms. The quantitative estimate of drug-likeness (QED) is 0.910. The predicted octanol–water partition coefficient (Wildman–Crippen LogP) is 3.93. The molecule has 6 heteroatoms. The van der Waals surface area contributed by atoms with Gasteiger partial charge in [0.15, 0.2) is 0 Å². The molecule has 1 N–H and O–H groups in total. The number of nitrogens with one attached hydrogen (secondary N) is 1. The first kappa shape index (κ1) is 14.6. The highest BCUT2D eigenvalue weighted by molar-refractivity contribution is 5.97. The van der Waals surface area contributed by atoms with Crippen molar-refractivity contribution in [3.63, 3.8) is 0 Å². The molecule has 2 atom stereocenters. The van der Waals surface area contributed by atoms with Gasteiger partial charge in [-0.25, -0.2) is 0 Å². The summed E-state index contributed by atoms with van der Waals surface area (Å²) < 4.78 is 34.6. The number of halogens is 2. The van der Waals surface area contributed by atoms with E-state index in [0.717, 1.165) is 5.76 Å². The molecule has 1 heterocycles. The molecule has 1 aliphatic rings. The van der Waals surface area contributed by atoms with E-state index in [2.05, 4.69) is 10.1 Å². The third-order valence-electron chi connectivity index (χ3n) is 3.73. The van der Waals surface area contributed by atoms with Crippen LogP contribution in [0.4, 0.5) is 14.5 Å². The number of rotatable bonds is 5. The number of aryl methyl sites for hydroxylation is 1. The zero-order valence-corrected chi connectivity index (χ0v) is 11.9. The number of amides is 1. The summed E-state index contributed by atoms with van der Waals surface area (Å²) in [6.07, 6.45) is 2.26. The second-order valence-electron chi connectivity index (χ2n) is 5.28. The molecule has 0 aliphatic heterocycles. The van der Waals surface area contributed by atoms with Crippen molar-refractivity contribution in [1.82, 2.24) is 0 Å². The standard InChI is InChI=1S/C16H15F2NO3/c1-9-4-2-5-13(22-16(17)18)14(9)19-15(20)11-8-10(11)12-6-3-7-21-12/h2-7,10-11,16H,8H2,1H3,(H,19,20)/t10-,11+/m0/s1. The van der Waals surface area contributed by atoms with E-state index in [-0.39, 0.29) is 29.2 Å². The minimum atomic E-state index is -2.94. The highest BCUT2D eigenvalue weighted by Gasteiger charge is 2.46. The van der Waals surface area contributed by atoms with Crippen molar-refractivity contribution in [3.8, 4) is 5.75 Å². The summed E-state index contributed by atoms with van der Waals surface area (Å²) in [5.74, 6) is 0.381. The van der Waals surface area contributed by atoms with Crippen molar-refractivity contribution in [2.75, 3.05) is 5.32 Å². The Morgan fingerprint density at radius 3 is 2.86 bits per heavy atom. The number of ether oxygens (including phenoxy) is 1. The molecule has 0 unspecified atom stereocenters. The van der Waals surface area contributed by atoms with Crippen molar-refractivity contribution in [2.45, 2.75) is 25.9 Å². The van der Waals surface area contributed by atoms with Crippen LogP contribution in [0.15, 0.2) is 41.0 Å². The van der Waals surface area contributed by atoms with Crippen LogP contribution in [0, 0.1) is 12.8 Å². The van der Waals surface area contributed by atoms with Gasteiger partial charge in [-0.15, -0.1) is 0 Å². The number of anilines is 1. The Bertz CT molecular complexity index is 670. The van der Waals surface area contributed by atoms with Crippen LogP contribution < -0.4 is 10.1 Å². The molecule has 0 spiro atoms. The fourth-order valence-corrected chi connectivity index (χ4v) is 2.51. The van der Waals surface area contributed by atoms with Crippen molar-refractivity contribution in [3.05, 3.63) is 47.9 Å². The Balaban J connectivity index is 1.72. The van der Waals surface area contributed by atoms with E-state index in [1.165, 1.54) is 6.07 Å². The van der Waals surface area contributed by atoms with E-state index in [0.29, 0.717) is 12.0 Å². The van der Waals surface area contributed by atoms with E-state index < -0.39 is 6.61 Å². The van der Waals surface area contributed by atoms with Gasteiger partial charge in [-0.1, -0.05) is 12.1 Å². The summed E-state index contributed by atoms with van der Waals surface area (Å²) >= 11 is 0. The highest BCUT2D eigenvalue weighted by Crippen LogP contribution is 2.48. The normalized spacial score (nSPS) is 20.0. The highest BCUT2D eigenvalue weighted by atomic mass is 19.3.